The summed E-state index contributed by atoms with van der Waals surface area (Å²) in [5, 5.41) is 6.80. The fraction of sp³-hybridized carbons (Fsp3) is 0.739. The number of guanidine groups is 1. The molecule has 2 fully saturated rings. The zero-order valence-electron chi connectivity index (χ0n) is 18.6. The van der Waals surface area contributed by atoms with Crippen LogP contribution in [-0.2, 0) is 4.79 Å². The lowest BCUT2D eigenvalue weighted by molar-refractivity contribution is -0.130. The molecule has 2 aliphatic rings. The summed E-state index contributed by atoms with van der Waals surface area (Å²) in [7, 11) is 0. The van der Waals surface area contributed by atoms with Crippen LogP contribution in [0, 0.1) is 0 Å². The molecule has 0 spiro atoms. The second kappa shape index (κ2) is 12.6. The summed E-state index contributed by atoms with van der Waals surface area (Å²) in [6.45, 7) is 8.34. The first kappa shape index (κ1) is 22.7. The summed E-state index contributed by atoms with van der Waals surface area (Å²) >= 11 is 0. The molecule has 2 N–H and O–H groups in total. The van der Waals surface area contributed by atoms with E-state index in [1.807, 2.05) is 11.0 Å². The monoisotopic (exact) mass is 417 g/mol. The number of likely N-dealkylation sites (tertiary alicyclic amines) is 2. The molecule has 3 rings (SSSR count). The predicted octanol–water partition coefficient (Wildman–Crippen LogP) is 3.15. The van der Waals surface area contributed by atoms with E-state index >= 15 is 0 Å². The summed E-state index contributed by atoms with van der Waals surface area (Å²) in [6, 6.07) is 4.21. The lowest BCUT2D eigenvalue weighted by atomic mass is 10.1. The van der Waals surface area contributed by atoms with E-state index < -0.39 is 0 Å². The van der Waals surface area contributed by atoms with Crippen LogP contribution in [0.15, 0.2) is 27.8 Å². The Morgan fingerprint density at radius 2 is 1.93 bits per heavy atom. The van der Waals surface area contributed by atoms with Gasteiger partial charge in [0, 0.05) is 32.6 Å². The van der Waals surface area contributed by atoms with Gasteiger partial charge in [0.1, 0.15) is 5.76 Å². The Morgan fingerprint density at radius 3 is 2.70 bits per heavy atom. The van der Waals surface area contributed by atoms with Gasteiger partial charge < -0.3 is 20.0 Å². The van der Waals surface area contributed by atoms with E-state index in [4.69, 9.17) is 9.41 Å². The van der Waals surface area contributed by atoms with E-state index in [2.05, 4.69) is 28.5 Å². The Labute approximate surface area is 181 Å². The van der Waals surface area contributed by atoms with Gasteiger partial charge in [-0.1, -0.05) is 12.8 Å². The highest BCUT2D eigenvalue weighted by molar-refractivity contribution is 5.79. The number of furan rings is 1. The van der Waals surface area contributed by atoms with Crippen molar-refractivity contribution in [2.24, 2.45) is 4.99 Å². The fourth-order valence-corrected chi connectivity index (χ4v) is 4.37. The van der Waals surface area contributed by atoms with E-state index in [9.17, 15) is 4.79 Å². The molecule has 0 bridgehead atoms. The van der Waals surface area contributed by atoms with Gasteiger partial charge in [0.25, 0.3) is 0 Å². The quantitative estimate of drug-likeness (QED) is 0.367. The van der Waals surface area contributed by atoms with Gasteiger partial charge in [0.15, 0.2) is 5.96 Å². The maximum absolute atomic E-state index is 12.1. The number of rotatable bonds is 9. The minimum atomic E-state index is 0.186. The smallest absolute Gasteiger partial charge is 0.222 e. The lowest BCUT2D eigenvalue weighted by Crippen LogP contribution is -2.40. The van der Waals surface area contributed by atoms with Crippen LogP contribution in [0.5, 0.6) is 0 Å². The van der Waals surface area contributed by atoms with Crippen molar-refractivity contribution in [1.82, 2.24) is 20.4 Å². The zero-order valence-corrected chi connectivity index (χ0v) is 18.6. The second-order valence-electron chi connectivity index (χ2n) is 8.32. The number of hydrogen-bond acceptors (Lipinski definition) is 4. The van der Waals surface area contributed by atoms with E-state index in [0.717, 1.165) is 70.3 Å². The van der Waals surface area contributed by atoms with Gasteiger partial charge in [-0.2, -0.15) is 0 Å². The Balaban J connectivity index is 1.51. The van der Waals surface area contributed by atoms with Gasteiger partial charge in [-0.05, 0) is 64.3 Å². The van der Waals surface area contributed by atoms with Gasteiger partial charge in [-0.3, -0.25) is 14.7 Å². The molecular weight excluding hydrogens is 378 g/mol. The van der Waals surface area contributed by atoms with Gasteiger partial charge >= 0.3 is 0 Å². The van der Waals surface area contributed by atoms with Crippen molar-refractivity contribution >= 4 is 11.9 Å². The molecule has 7 nitrogen and oxygen atoms in total. The van der Waals surface area contributed by atoms with Crippen LogP contribution < -0.4 is 10.6 Å². The maximum Gasteiger partial charge on any atom is 0.222 e. The molecule has 168 valence electrons. The molecule has 1 aromatic rings. The lowest BCUT2D eigenvalue weighted by Gasteiger charge is -2.32. The summed E-state index contributed by atoms with van der Waals surface area (Å²) in [6.07, 6.45) is 10.5. The SMILES string of the molecule is CCNC(=NCC(c1ccco1)N1CCCCC1)NCCCN1CCCCCC1=O. The number of hydrogen-bond donors (Lipinski definition) is 2. The van der Waals surface area contributed by atoms with Crippen molar-refractivity contribution in [3.63, 3.8) is 0 Å². The second-order valence-corrected chi connectivity index (χ2v) is 8.32. The molecular formula is C23H39N5O2. The zero-order chi connectivity index (χ0) is 21.0. The Bertz CT molecular complexity index is 640. The summed E-state index contributed by atoms with van der Waals surface area (Å²) < 4.78 is 5.74. The van der Waals surface area contributed by atoms with Crippen LogP contribution in [-0.4, -0.2) is 67.5 Å². The van der Waals surface area contributed by atoms with Crippen LogP contribution in [0.2, 0.25) is 0 Å². The van der Waals surface area contributed by atoms with Gasteiger partial charge in [0.2, 0.25) is 5.91 Å². The van der Waals surface area contributed by atoms with Crippen LogP contribution in [0.25, 0.3) is 0 Å². The fourth-order valence-electron chi connectivity index (χ4n) is 4.37. The molecule has 0 aliphatic carbocycles. The van der Waals surface area contributed by atoms with E-state index in [-0.39, 0.29) is 6.04 Å². The number of nitrogens with zero attached hydrogens (tertiary/aromatic N) is 3. The minimum absolute atomic E-state index is 0.186. The summed E-state index contributed by atoms with van der Waals surface area (Å²) in [5.41, 5.74) is 0. The Hall–Kier alpha value is -2.02. The third kappa shape index (κ3) is 7.04. The third-order valence-corrected chi connectivity index (χ3v) is 6.04. The highest BCUT2D eigenvalue weighted by atomic mass is 16.3. The topological polar surface area (TPSA) is 73.1 Å². The Morgan fingerprint density at radius 1 is 1.13 bits per heavy atom. The molecule has 2 saturated heterocycles. The van der Waals surface area contributed by atoms with Crippen LogP contribution in [0.1, 0.15) is 70.1 Å². The number of nitrogens with one attached hydrogen (secondary N) is 2. The number of carbonyl (C=O) groups excluding carboxylic acids is 1. The first-order valence-electron chi connectivity index (χ1n) is 11.9. The number of aliphatic imine (C=N–C) groups is 1. The van der Waals surface area contributed by atoms with Gasteiger partial charge in [-0.15, -0.1) is 0 Å². The van der Waals surface area contributed by atoms with E-state index in [0.29, 0.717) is 18.9 Å². The normalized spacial score (nSPS) is 20.1. The predicted molar refractivity (Wildman–Crippen MR) is 121 cm³/mol. The first-order valence-corrected chi connectivity index (χ1v) is 11.9. The third-order valence-electron chi connectivity index (χ3n) is 6.04. The van der Waals surface area contributed by atoms with Crippen molar-refractivity contribution in [3.8, 4) is 0 Å². The van der Waals surface area contributed by atoms with Crippen molar-refractivity contribution < 1.29 is 9.21 Å². The first-order chi connectivity index (χ1) is 14.8. The van der Waals surface area contributed by atoms with Crippen molar-refractivity contribution in [1.29, 1.82) is 0 Å². The molecule has 7 heteroatoms. The molecule has 3 heterocycles. The van der Waals surface area contributed by atoms with Crippen molar-refractivity contribution in [2.75, 3.05) is 45.8 Å². The van der Waals surface area contributed by atoms with Crippen molar-refractivity contribution in [2.45, 2.75) is 64.3 Å². The molecule has 1 amide bonds. The standard InChI is InChI=1S/C23H39N5O2/c1-2-24-23(25-13-10-17-28-16-6-3-5-12-22(28)29)26-19-20(21-11-9-18-30-21)27-14-7-4-8-15-27/h9,11,18,20H,2-8,10,12-17,19H2,1H3,(H2,24,25,26). The molecule has 0 saturated carbocycles. The van der Waals surface area contributed by atoms with Gasteiger partial charge in [-0.25, -0.2) is 0 Å². The highest BCUT2D eigenvalue weighted by Gasteiger charge is 2.24. The summed E-state index contributed by atoms with van der Waals surface area (Å²) in [4.78, 5) is 21.5. The molecule has 1 aromatic heterocycles. The summed E-state index contributed by atoms with van der Waals surface area (Å²) in [5.74, 6) is 2.15. The average Bonchev–Trinajstić information content (AvgIpc) is 3.22. The van der Waals surface area contributed by atoms with E-state index in [1.54, 1.807) is 6.26 Å². The molecule has 2 aliphatic heterocycles. The Kier molecular flexibility index (Phi) is 9.54. The van der Waals surface area contributed by atoms with E-state index in [1.165, 1.54) is 25.7 Å². The van der Waals surface area contributed by atoms with Crippen molar-refractivity contribution in [3.05, 3.63) is 24.2 Å². The molecule has 1 unspecified atom stereocenters. The molecule has 0 aromatic carbocycles. The van der Waals surface area contributed by atoms with Crippen LogP contribution in [0.4, 0.5) is 0 Å². The molecule has 30 heavy (non-hydrogen) atoms. The number of piperidine rings is 1. The molecule has 0 radical (unpaired) electrons. The van der Waals surface area contributed by atoms with Crippen LogP contribution >= 0.6 is 0 Å². The average molecular weight is 418 g/mol. The number of amides is 1. The minimum Gasteiger partial charge on any atom is -0.468 e. The largest absolute Gasteiger partial charge is 0.468 e. The highest BCUT2D eigenvalue weighted by Crippen LogP contribution is 2.25. The maximum atomic E-state index is 12.1. The molecule has 1 atom stereocenters. The van der Waals surface area contributed by atoms with Gasteiger partial charge in [0.05, 0.1) is 18.8 Å². The van der Waals surface area contributed by atoms with Crippen LogP contribution in [0.3, 0.4) is 0 Å². The number of carbonyl (C=O) groups is 1.